The van der Waals surface area contributed by atoms with Crippen LogP contribution in [0, 0.1) is 5.92 Å². The minimum absolute atomic E-state index is 0.347. The summed E-state index contributed by atoms with van der Waals surface area (Å²) in [5, 5.41) is 0. The molecular formula is C13H13BrO. The molecule has 78 valence electrons. The smallest absolute Gasteiger partial charge is 0.0697 e. The Kier molecular flexibility index (Phi) is 3.39. The minimum atomic E-state index is 0.347. The van der Waals surface area contributed by atoms with Gasteiger partial charge in [-0.1, -0.05) is 52.3 Å². The Bertz CT molecular complexity index is 381. The van der Waals surface area contributed by atoms with Gasteiger partial charge in [0.15, 0.2) is 0 Å². The van der Waals surface area contributed by atoms with Crippen LogP contribution in [0.1, 0.15) is 5.56 Å². The number of hydrogen-bond donors (Lipinski definition) is 0. The molecule has 0 N–H and O–H groups in total. The summed E-state index contributed by atoms with van der Waals surface area (Å²) < 4.78 is 6.59. The Hall–Kier alpha value is -0.860. The molecule has 1 unspecified atom stereocenters. The first-order valence-electron chi connectivity index (χ1n) is 4.97. The van der Waals surface area contributed by atoms with Gasteiger partial charge in [-0.2, -0.15) is 0 Å². The summed E-state index contributed by atoms with van der Waals surface area (Å²) in [5.41, 5.74) is 2.49. The third-order valence-electron chi connectivity index (χ3n) is 2.60. The molecule has 1 fully saturated rings. The van der Waals surface area contributed by atoms with Gasteiger partial charge < -0.3 is 4.74 Å². The fourth-order valence-electron chi connectivity index (χ4n) is 1.71. The second kappa shape index (κ2) is 4.77. The summed E-state index contributed by atoms with van der Waals surface area (Å²) in [6.45, 7) is 5.29. The molecule has 0 aromatic heterocycles. The molecular weight excluding hydrogens is 252 g/mol. The van der Waals surface area contributed by atoms with Crippen molar-refractivity contribution >= 4 is 20.4 Å². The highest BCUT2D eigenvalue weighted by molar-refractivity contribution is 9.15. The average molecular weight is 265 g/mol. The lowest BCUT2D eigenvalue weighted by Crippen LogP contribution is -1.98. The van der Waals surface area contributed by atoms with Crippen molar-refractivity contribution in [3.63, 3.8) is 0 Å². The Balaban J connectivity index is 2.36. The van der Waals surface area contributed by atoms with Crippen LogP contribution in [-0.4, -0.2) is 13.2 Å². The van der Waals surface area contributed by atoms with Gasteiger partial charge >= 0.3 is 0 Å². The van der Waals surface area contributed by atoms with E-state index in [0.717, 1.165) is 11.1 Å². The minimum Gasteiger partial charge on any atom is -0.376 e. The molecule has 1 aliphatic rings. The number of halogens is 1. The predicted molar refractivity (Wildman–Crippen MR) is 66.8 cm³/mol. The van der Waals surface area contributed by atoms with E-state index in [1.165, 1.54) is 11.1 Å². The molecule has 2 rings (SSSR count). The molecule has 0 bridgehead atoms. The summed E-state index contributed by atoms with van der Waals surface area (Å²) in [5.74, 6) is 0.347. The van der Waals surface area contributed by atoms with Crippen LogP contribution < -0.4 is 0 Å². The fraction of sp³-hybridized carbons (Fsp3) is 0.231. The molecule has 1 saturated heterocycles. The van der Waals surface area contributed by atoms with Crippen molar-refractivity contribution in [1.82, 2.24) is 0 Å². The number of rotatable bonds is 2. The standard InChI is InChI=1S/C13H13BrO/c1-2-10-8-15-9-12(10)13(14)11-6-4-3-5-7-11/h2-7,10H,1,8-9H2/b13-12-. The van der Waals surface area contributed by atoms with Crippen LogP contribution >= 0.6 is 15.9 Å². The first kappa shape index (κ1) is 10.7. The number of hydrogen-bond acceptors (Lipinski definition) is 1. The van der Waals surface area contributed by atoms with Crippen LogP contribution in [0.3, 0.4) is 0 Å². The molecule has 0 radical (unpaired) electrons. The van der Waals surface area contributed by atoms with Crippen molar-refractivity contribution in [2.45, 2.75) is 0 Å². The third kappa shape index (κ3) is 2.21. The molecule has 15 heavy (non-hydrogen) atoms. The van der Waals surface area contributed by atoms with Crippen LogP contribution in [0.25, 0.3) is 4.48 Å². The summed E-state index contributed by atoms with van der Waals surface area (Å²) in [6, 6.07) is 10.3. The highest BCUT2D eigenvalue weighted by Gasteiger charge is 2.21. The summed E-state index contributed by atoms with van der Waals surface area (Å²) in [4.78, 5) is 0. The van der Waals surface area contributed by atoms with Gasteiger partial charge in [0.2, 0.25) is 0 Å². The maximum absolute atomic E-state index is 5.44. The van der Waals surface area contributed by atoms with Gasteiger partial charge in [-0.15, -0.1) is 6.58 Å². The van der Waals surface area contributed by atoms with E-state index in [-0.39, 0.29) is 0 Å². The van der Waals surface area contributed by atoms with Gasteiger partial charge in [0.1, 0.15) is 0 Å². The number of benzene rings is 1. The highest BCUT2D eigenvalue weighted by atomic mass is 79.9. The third-order valence-corrected chi connectivity index (χ3v) is 3.56. The zero-order valence-corrected chi connectivity index (χ0v) is 10.0. The zero-order chi connectivity index (χ0) is 10.7. The first-order chi connectivity index (χ1) is 7.33. The van der Waals surface area contributed by atoms with E-state index in [4.69, 9.17) is 4.74 Å². The van der Waals surface area contributed by atoms with E-state index < -0.39 is 0 Å². The van der Waals surface area contributed by atoms with Crippen molar-refractivity contribution in [2.75, 3.05) is 13.2 Å². The lowest BCUT2D eigenvalue weighted by atomic mass is 10.0. The molecule has 1 aromatic carbocycles. The van der Waals surface area contributed by atoms with Crippen molar-refractivity contribution in [3.8, 4) is 0 Å². The highest BCUT2D eigenvalue weighted by Crippen LogP contribution is 2.33. The Morgan fingerprint density at radius 1 is 1.40 bits per heavy atom. The van der Waals surface area contributed by atoms with E-state index in [1.807, 2.05) is 24.3 Å². The van der Waals surface area contributed by atoms with Crippen molar-refractivity contribution < 1.29 is 4.74 Å². The van der Waals surface area contributed by atoms with E-state index in [9.17, 15) is 0 Å². The van der Waals surface area contributed by atoms with Crippen LogP contribution in [0.2, 0.25) is 0 Å². The Morgan fingerprint density at radius 3 is 2.80 bits per heavy atom. The van der Waals surface area contributed by atoms with Crippen molar-refractivity contribution in [2.24, 2.45) is 5.92 Å². The van der Waals surface area contributed by atoms with E-state index in [2.05, 4.69) is 34.6 Å². The van der Waals surface area contributed by atoms with Gasteiger partial charge in [-0.3, -0.25) is 0 Å². The van der Waals surface area contributed by atoms with E-state index in [1.54, 1.807) is 0 Å². The van der Waals surface area contributed by atoms with Crippen molar-refractivity contribution in [3.05, 3.63) is 54.1 Å². The monoisotopic (exact) mass is 264 g/mol. The molecule has 0 aliphatic carbocycles. The predicted octanol–water partition coefficient (Wildman–Crippen LogP) is 3.63. The quantitative estimate of drug-likeness (QED) is 0.742. The summed E-state index contributed by atoms with van der Waals surface area (Å²) in [7, 11) is 0. The Morgan fingerprint density at radius 2 is 2.13 bits per heavy atom. The fourth-order valence-corrected chi connectivity index (χ4v) is 2.38. The first-order valence-corrected chi connectivity index (χ1v) is 5.76. The van der Waals surface area contributed by atoms with Gasteiger partial charge in [0, 0.05) is 10.4 Å². The van der Waals surface area contributed by atoms with Gasteiger partial charge in [0.05, 0.1) is 13.2 Å². The van der Waals surface area contributed by atoms with E-state index >= 15 is 0 Å². The second-order valence-electron chi connectivity index (χ2n) is 3.56. The SMILES string of the molecule is C=CC1COC/C1=C(/Br)c1ccccc1. The molecule has 1 aliphatic heterocycles. The van der Waals surface area contributed by atoms with Crippen LogP contribution in [0.15, 0.2) is 48.6 Å². The van der Waals surface area contributed by atoms with Crippen molar-refractivity contribution in [1.29, 1.82) is 0 Å². The maximum Gasteiger partial charge on any atom is 0.0697 e. The normalized spacial score (nSPS) is 23.9. The molecule has 0 spiro atoms. The second-order valence-corrected chi connectivity index (χ2v) is 4.36. The van der Waals surface area contributed by atoms with Crippen LogP contribution in [-0.2, 0) is 4.74 Å². The zero-order valence-electron chi connectivity index (χ0n) is 8.45. The molecule has 1 aromatic rings. The molecule has 1 atom stereocenters. The van der Waals surface area contributed by atoms with Gasteiger partial charge in [-0.05, 0) is 11.1 Å². The number of ether oxygens (including phenoxy) is 1. The lowest BCUT2D eigenvalue weighted by Gasteiger charge is -2.08. The Labute approximate surface area is 98.6 Å². The summed E-state index contributed by atoms with van der Waals surface area (Å²) >= 11 is 3.65. The molecule has 0 saturated carbocycles. The van der Waals surface area contributed by atoms with Crippen LogP contribution in [0.4, 0.5) is 0 Å². The molecule has 0 amide bonds. The average Bonchev–Trinajstić information content (AvgIpc) is 2.77. The van der Waals surface area contributed by atoms with E-state index in [0.29, 0.717) is 12.5 Å². The molecule has 1 heterocycles. The summed E-state index contributed by atoms with van der Waals surface area (Å²) in [6.07, 6.45) is 1.95. The lowest BCUT2D eigenvalue weighted by molar-refractivity contribution is 0.195. The molecule has 2 heteroatoms. The molecule has 1 nitrogen and oxygen atoms in total. The van der Waals surface area contributed by atoms with Crippen LogP contribution in [0.5, 0.6) is 0 Å². The maximum atomic E-state index is 5.44. The largest absolute Gasteiger partial charge is 0.376 e. The van der Waals surface area contributed by atoms with Gasteiger partial charge in [-0.25, -0.2) is 0 Å². The topological polar surface area (TPSA) is 9.23 Å². The van der Waals surface area contributed by atoms with Gasteiger partial charge in [0.25, 0.3) is 0 Å².